The van der Waals surface area contributed by atoms with E-state index in [4.69, 9.17) is 0 Å². The predicted octanol–water partition coefficient (Wildman–Crippen LogP) is 1.65. The number of carboxylic acids is 1. The van der Waals surface area contributed by atoms with E-state index in [2.05, 4.69) is 5.32 Å². The fourth-order valence-corrected chi connectivity index (χ4v) is 1.79. The molecule has 0 radical (unpaired) electrons. The number of aryl methyl sites for hydroxylation is 1. The lowest BCUT2D eigenvalue weighted by molar-refractivity contribution is -0.142. The van der Waals surface area contributed by atoms with Gasteiger partial charge in [-0.1, -0.05) is 24.3 Å². The zero-order valence-corrected chi connectivity index (χ0v) is 9.64. The third-order valence-corrected chi connectivity index (χ3v) is 2.98. The smallest absolute Gasteiger partial charge is 0.330 e. The van der Waals surface area contributed by atoms with E-state index in [-0.39, 0.29) is 11.8 Å². The van der Waals surface area contributed by atoms with Gasteiger partial charge in [-0.3, -0.25) is 4.79 Å². The van der Waals surface area contributed by atoms with Crippen LogP contribution in [0.3, 0.4) is 0 Å². The van der Waals surface area contributed by atoms with Gasteiger partial charge in [-0.05, 0) is 30.9 Å². The van der Waals surface area contributed by atoms with Gasteiger partial charge in [0.1, 0.15) is 0 Å². The summed E-state index contributed by atoms with van der Waals surface area (Å²) in [7, 11) is 0. The van der Waals surface area contributed by atoms with Gasteiger partial charge >= 0.3 is 5.97 Å². The van der Waals surface area contributed by atoms with E-state index < -0.39 is 12.0 Å². The highest BCUT2D eigenvalue weighted by atomic mass is 16.4. The van der Waals surface area contributed by atoms with Crippen LogP contribution < -0.4 is 5.32 Å². The van der Waals surface area contributed by atoms with Crippen LogP contribution in [0.4, 0.5) is 0 Å². The van der Waals surface area contributed by atoms with Crippen molar-refractivity contribution < 1.29 is 14.7 Å². The number of hydrogen-bond donors (Lipinski definition) is 2. The molecule has 2 N–H and O–H groups in total. The van der Waals surface area contributed by atoms with Crippen molar-refractivity contribution in [1.82, 2.24) is 5.32 Å². The van der Waals surface area contributed by atoms with E-state index in [1.54, 1.807) is 12.1 Å². The number of carbonyl (C=O) groups excluding carboxylic acids is 1. The molecule has 1 aromatic carbocycles. The van der Waals surface area contributed by atoms with E-state index in [1.165, 1.54) is 0 Å². The molecule has 1 fully saturated rings. The predicted molar refractivity (Wildman–Crippen MR) is 62.4 cm³/mol. The Bertz CT molecular complexity index is 452. The highest BCUT2D eigenvalue weighted by Gasteiger charge is 2.33. The van der Waals surface area contributed by atoms with Gasteiger partial charge in [0.05, 0.1) is 0 Å². The molecule has 0 spiro atoms. The van der Waals surface area contributed by atoms with Gasteiger partial charge in [0.15, 0.2) is 6.04 Å². The van der Waals surface area contributed by atoms with Crippen molar-refractivity contribution >= 4 is 11.9 Å². The van der Waals surface area contributed by atoms with Crippen molar-refractivity contribution in [2.45, 2.75) is 25.8 Å². The molecule has 0 saturated heterocycles. The fourth-order valence-electron chi connectivity index (χ4n) is 1.79. The van der Waals surface area contributed by atoms with Crippen molar-refractivity contribution in [3.63, 3.8) is 0 Å². The van der Waals surface area contributed by atoms with Crippen LogP contribution in [0.15, 0.2) is 24.3 Å². The van der Waals surface area contributed by atoms with Crippen molar-refractivity contribution in [3.05, 3.63) is 35.4 Å². The average Bonchev–Trinajstić information content (AvgIpc) is 3.10. The van der Waals surface area contributed by atoms with Gasteiger partial charge in [0, 0.05) is 5.92 Å². The summed E-state index contributed by atoms with van der Waals surface area (Å²) >= 11 is 0. The molecule has 0 aromatic heterocycles. The van der Waals surface area contributed by atoms with Crippen molar-refractivity contribution in [2.24, 2.45) is 5.92 Å². The van der Waals surface area contributed by atoms with Gasteiger partial charge in [-0.15, -0.1) is 0 Å². The first kappa shape index (κ1) is 11.6. The molecule has 2 rings (SSSR count). The van der Waals surface area contributed by atoms with Crippen LogP contribution in [-0.2, 0) is 9.59 Å². The standard InChI is InChI=1S/C13H15NO3/c1-8-4-2-3-5-10(8)11(13(16)17)14-12(15)9-6-7-9/h2-5,9,11H,6-7H2,1H3,(H,14,15)(H,16,17)/t11-/m1/s1. The van der Waals surface area contributed by atoms with E-state index in [9.17, 15) is 14.7 Å². The average molecular weight is 233 g/mol. The lowest BCUT2D eigenvalue weighted by Gasteiger charge is -2.16. The molecular weight excluding hydrogens is 218 g/mol. The molecule has 1 saturated carbocycles. The molecule has 0 heterocycles. The maximum absolute atomic E-state index is 11.6. The second-order valence-corrected chi connectivity index (χ2v) is 4.41. The molecule has 0 bridgehead atoms. The van der Waals surface area contributed by atoms with Crippen LogP contribution >= 0.6 is 0 Å². The Morgan fingerprint density at radius 3 is 2.53 bits per heavy atom. The second-order valence-electron chi connectivity index (χ2n) is 4.41. The van der Waals surface area contributed by atoms with Crippen LogP contribution in [0.25, 0.3) is 0 Å². The number of nitrogens with one attached hydrogen (secondary N) is 1. The second kappa shape index (κ2) is 4.57. The number of rotatable bonds is 4. The van der Waals surface area contributed by atoms with E-state index in [1.807, 2.05) is 19.1 Å². The lowest BCUT2D eigenvalue weighted by atomic mass is 10.0. The Kier molecular flexibility index (Phi) is 3.13. The van der Waals surface area contributed by atoms with E-state index in [0.29, 0.717) is 5.56 Å². The summed E-state index contributed by atoms with van der Waals surface area (Å²) in [6.45, 7) is 1.84. The number of hydrogen-bond acceptors (Lipinski definition) is 2. The summed E-state index contributed by atoms with van der Waals surface area (Å²) in [5, 5.41) is 11.8. The summed E-state index contributed by atoms with van der Waals surface area (Å²) in [5.41, 5.74) is 1.52. The molecule has 1 amide bonds. The first-order valence-electron chi connectivity index (χ1n) is 5.68. The fraction of sp³-hybridized carbons (Fsp3) is 0.385. The number of aliphatic carboxylic acids is 1. The summed E-state index contributed by atoms with van der Waals surface area (Å²) < 4.78 is 0. The van der Waals surface area contributed by atoms with Gasteiger partial charge in [0.25, 0.3) is 0 Å². The molecule has 90 valence electrons. The molecule has 1 aromatic rings. The molecular formula is C13H15NO3. The SMILES string of the molecule is Cc1ccccc1[C@@H](NC(=O)C1CC1)C(=O)O. The zero-order chi connectivity index (χ0) is 12.4. The van der Waals surface area contributed by atoms with Gasteiger partial charge in [0.2, 0.25) is 5.91 Å². The van der Waals surface area contributed by atoms with E-state index in [0.717, 1.165) is 18.4 Å². The van der Waals surface area contributed by atoms with Gasteiger partial charge in [-0.2, -0.15) is 0 Å². The highest BCUT2D eigenvalue weighted by molar-refractivity contribution is 5.87. The number of carboxylic acid groups (broad SMARTS) is 1. The molecule has 17 heavy (non-hydrogen) atoms. The lowest BCUT2D eigenvalue weighted by Crippen LogP contribution is -2.35. The topological polar surface area (TPSA) is 66.4 Å². The maximum Gasteiger partial charge on any atom is 0.330 e. The zero-order valence-electron chi connectivity index (χ0n) is 9.64. The van der Waals surface area contributed by atoms with Crippen molar-refractivity contribution in [1.29, 1.82) is 0 Å². The van der Waals surface area contributed by atoms with E-state index >= 15 is 0 Å². The maximum atomic E-state index is 11.6. The molecule has 4 heteroatoms. The summed E-state index contributed by atoms with van der Waals surface area (Å²) in [6, 6.07) is 6.27. The highest BCUT2D eigenvalue weighted by Crippen LogP contribution is 2.30. The normalized spacial score (nSPS) is 16.3. The third kappa shape index (κ3) is 2.64. The van der Waals surface area contributed by atoms with Crippen LogP contribution in [0.1, 0.15) is 30.0 Å². The van der Waals surface area contributed by atoms with Gasteiger partial charge < -0.3 is 10.4 Å². The number of benzene rings is 1. The Morgan fingerprint density at radius 1 is 1.35 bits per heavy atom. The molecule has 4 nitrogen and oxygen atoms in total. The third-order valence-electron chi connectivity index (χ3n) is 2.98. The number of carbonyl (C=O) groups is 2. The Hall–Kier alpha value is -1.84. The van der Waals surface area contributed by atoms with Crippen LogP contribution in [0.5, 0.6) is 0 Å². The van der Waals surface area contributed by atoms with Crippen molar-refractivity contribution in [3.8, 4) is 0 Å². The Labute approximate surface area is 99.6 Å². The summed E-state index contributed by atoms with van der Waals surface area (Å²) in [6.07, 6.45) is 1.73. The molecule has 1 aliphatic rings. The van der Waals surface area contributed by atoms with Gasteiger partial charge in [-0.25, -0.2) is 4.79 Å². The summed E-state index contributed by atoms with van der Waals surface area (Å²) in [5.74, 6) is -1.16. The number of amides is 1. The molecule has 0 unspecified atom stereocenters. The molecule has 1 atom stereocenters. The van der Waals surface area contributed by atoms with Crippen LogP contribution in [0.2, 0.25) is 0 Å². The first-order chi connectivity index (χ1) is 8.09. The molecule has 0 aliphatic heterocycles. The first-order valence-corrected chi connectivity index (χ1v) is 5.68. The Balaban J connectivity index is 2.19. The minimum atomic E-state index is -1.02. The Morgan fingerprint density at radius 2 is 2.00 bits per heavy atom. The quantitative estimate of drug-likeness (QED) is 0.831. The minimum Gasteiger partial charge on any atom is -0.479 e. The largest absolute Gasteiger partial charge is 0.479 e. The van der Waals surface area contributed by atoms with Crippen LogP contribution in [-0.4, -0.2) is 17.0 Å². The van der Waals surface area contributed by atoms with Crippen LogP contribution in [0, 0.1) is 12.8 Å². The molecule has 1 aliphatic carbocycles. The minimum absolute atomic E-state index is 0.0147. The monoisotopic (exact) mass is 233 g/mol. The summed E-state index contributed by atoms with van der Waals surface area (Å²) in [4.78, 5) is 22.8. The van der Waals surface area contributed by atoms with Crippen molar-refractivity contribution in [2.75, 3.05) is 0 Å².